The molecule has 1 aromatic rings. The number of carboxylic acids is 1. The maximum Gasteiger partial charge on any atom is 0.352 e. The van der Waals surface area contributed by atoms with Crippen LogP contribution in [0.15, 0.2) is 21.8 Å². The Labute approximate surface area is 160 Å². The Hall–Kier alpha value is -2.64. The van der Waals surface area contributed by atoms with Gasteiger partial charge in [-0.2, -0.15) is 0 Å². The standard InChI is InChI=1S/C14H15N5O6S2/c1-25-2-5-3-26-12-8(11(21)19(12)9(5)13(22)23)17-10(20)7(18-24)6-4-27-14(15)16-6/h4,8,12,24H,2-3H2,1H3,(H2,15,16)(H,17,20)(H,22,23)/b18-7+. The summed E-state index contributed by atoms with van der Waals surface area (Å²) in [6, 6.07) is -0.950. The zero-order valence-electron chi connectivity index (χ0n) is 13.9. The second-order valence-corrected chi connectivity index (χ2v) is 7.57. The van der Waals surface area contributed by atoms with E-state index in [1.165, 1.54) is 24.3 Å². The van der Waals surface area contributed by atoms with Crippen LogP contribution in [-0.2, 0) is 19.1 Å². The third-order valence-electron chi connectivity index (χ3n) is 3.93. The number of β-lactam (4-membered cyclic amide) rings is 1. The van der Waals surface area contributed by atoms with Crippen LogP contribution in [0.4, 0.5) is 5.13 Å². The first-order valence-corrected chi connectivity index (χ1v) is 9.45. The van der Waals surface area contributed by atoms with E-state index in [1.54, 1.807) is 0 Å². The van der Waals surface area contributed by atoms with Crippen LogP contribution in [0.1, 0.15) is 5.69 Å². The van der Waals surface area contributed by atoms with Crippen LogP contribution >= 0.6 is 23.1 Å². The molecule has 2 aliphatic heterocycles. The molecular weight excluding hydrogens is 398 g/mol. The minimum atomic E-state index is -1.24. The maximum absolute atomic E-state index is 12.5. The minimum Gasteiger partial charge on any atom is -0.477 e. The fourth-order valence-electron chi connectivity index (χ4n) is 2.79. The van der Waals surface area contributed by atoms with E-state index in [2.05, 4.69) is 15.5 Å². The van der Waals surface area contributed by atoms with E-state index in [-0.39, 0.29) is 28.8 Å². The first-order valence-electron chi connectivity index (χ1n) is 7.52. The molecule has 1 saturated heterocycles. The summed E-state index contributed by atoms with van der Waals surface area (Å²) >= 11 is 2.37. The number of nitrogen functional groups attached to an aromatic ring is 1. The Morgan fingerprint density at radius 3 is 2.85 bits per heavy atom. The second kappa shape index (κ2) is 7.54. The van der Waals surface area contributed by atoms with Gasteiger partial charge in [0.2, 0.25) is 0 Å². The SMILES string of the molecule is COCC1=C(C(=O)O)N2C(=O)C(NC(=O)/C(=N/O)c3csc(N)n3)C2SC1. The zero-order chi connectivity index (χ0) is 19.7. The number of fused-ring (bicyclic) bond motifs is 1. The molecule has 5 N–H and O–H groups in total. The van der Waals surface area contributed by atoms with E-state index >= 15 is 0 Å². The molecule has 144 valence electrons. The smallest absolute Gasteiger partial charge is 0.352 e. The number of nitrogens with one attached hydrogen (secondary N) is 1. The van der Waals surface area contributed by atoms with Crippen LogP contribution in [0, 0.1) is 0 Å². The van der Waals surface area contributed by atoms with Gasteiger partial charge < -0.3 is 26.1 Å². The van der Waals surface area contributed by atoms with Gasteiger partial charge in [-0.05, 0) is 5.57 Å². The third kappa shape index (κ3) is 3.36. The molecule has 2 unspecified atom stereocenters. The van der Waals surface area contributed by atoms with Crippen molar-refractivity contribution in [1.29, 1.82) is 0 Å². The number of rotatable bonds is 6. The lowest BCUT2D eigenvalue weighted by molar-refractivity contribution is -0.150. The monoisotopic (exact) mass is 413 g/mol. The Kier molecular flexibility index (Phi) is 5.34. The topological polar surface area (TPSA) is 167 Å². The lowest BCUT2D eigenvalue weighted by Crippen LogP contribution is -2.71. The summed E-state index contributed by atoms with van der Waals surface area (Å²) in [7, 11) is 1.44. The quantitative estimate of drug-likeness (QED) is 0.204. The van der Waals surface area contributed by atoms with E-state index in [1.807, 2.05) is 0 Å². The average molecular weight is 413 g/mol. The Bertz CT molecular complexity index is 866. The van der Waals surface area contributed by atoms with E-state index in [0.717, 1.165) is 16.2 Å². The summed E-state index contributed by atoms with van der Waals surface area (Å²) in [6.45, 7) is 0.0920. The summed E-state index contributed by atoms with van der Waals surface area (Å²) in [5.41, 5.74) is 5.55. The van der Waals surface area contributed by atoms with E-state index in [9.17, 15) is 19.5 Å². The van der Waals surface area contributed by atoms with Gasteiger partial charge in [0.1, 0.15) is 22.8 Å². The summed E-state index contributed by atoms with van der Waals surface area (Å²) in [4.78, 5) is 41.4. The molecule has 0 bridgehead atoms. The molecule has 2 amide bonds. The number of hydrogen-bond donors (Lipinski definition) is 4. The van der Waals surface area contributed by atoms with Gasteiger partial charge >= 0.3 is 5.97 Å². The Balaban J connectivity index is 1.77. The van der Waals surface area contributed by atoms with Crippen molar-refractivity contribution < 1.29 is 29.4 Å². The summed E-state index contributed by atoms with van der Waals surface area (Å²) in [6.07, 6.45) is 0. The highest BCUT2D eigenvalue weighted by Crippen LogP contribution is 2.40. The average Bonchev–Trinajstić information content (AvgIpc) is 3.05. The van der Waals surface area contributed by atoms with Gasteiger partial charge in [-0.1, -0.05) is 5.16 Å². The molecule has 3 rings (SSSR count). The lowest BCUT2D eigenvalue weighted by Gasteiger charge is -2.49. The maximum atomic E-state index is 12.5. The third-order valence-corrected chi connectivity index (χ3v) is 5.95. The summed E-state index contributed by atoms with van der Waals surface area (Å²) < 4.78 is 4.99. The molecule has 13 heteroatoms. The van der Waals surface area contributed by atoms with Crippen LogP contribution in [0.25, 0.3) is 0 Å². The first-order chi connectivity index (χ1) is 12.9. The number of oxime groups is 1. The van der Waals surface area contributed by atoms with Crippen molar-refractivity contribution in [3.63, 3.8) is 0 Å². The molecule has 0 aromatic carbocycles. The minimum absolute atomic E-state index is 0.0749. The first kappa shape index (κ1) is 19.1. The Morgan fingerprint density at radius 1 is 1.56 bits per heavy atom. The number of carbonyl (C=O) groups excluding carboxylic acids is 2. The van der Waals surface area contributed by atoms with E-state index < -0.39 is 29.2 Å². The highest BCUT2D eigenvalue weighted by molar-refractivity contribution is 8.00. The van der Waals surface area contributed by atoms with Gasteiger partial charge in [0, 0.05) is 18.2 Å². The molecule has 0 spiro atoms. The number of carboxylic acid groups (broad SMARTS) is 1. The van der Waals surface area contributed by atoms with Crippen molar-refractivity contribution in [2.24, 2.45) is 5.16 Å². The van der Waals surface area contributed by atoms with Crippen LogP contribution in [-0.4, -0.2) is 74.6 Å². The number of aromatic nitrogens is 1. The second-order valence-electron chi connectivity index (χ2n) is 5.57. The zero-order valence-corrected chi connectivity index (χ0v) is 15.5. The Morgan fingerprint density at radius 2 is 2.30 bits per heavy atom. The van der Waals surface area contributed by atoms with Crippen LogP contribution < -0.4 is 11.1 Å². The van der Waals surface area contributed by atoms with Crippen LogP contribution in [0.5, 0.6) is 0 Å². The van der Waals surface area contributed by atoms with Crippen molar-refractivity contribution in [2.75, 3.05) is 25.2 Å². The predicted molar refractivity (Wildman–Crippen MR) is 96.4 cm³/mol. The number of thiazole rings is 1. The largest absolute Gasteiger partial charge is 0.477 e. The van der Waals surface area contributed by atoms with Crippen molar-refractivity contribution in [1.82, 2.24) is 15.2 Å². The highest BCUT2D eigenvalue weighted by Gasteiger charge is 2.54. The van der Waals surface area contributed by atoms with Gasteiger partial charge in [-0.3, -0.25) is 14.5 Å². The fourth-order valence-corrected chi connectivity index (χ4v) is 4.66. The summed E-state index contributed by atoms with van der Waals surface area (Å²) in [5.74, 6) is -2.27. The molecule has 2 atom stereocenters. The molecule has 1 fully saturated rings. The number of amides is 2. The van der Waals surface area contributed by atoms with Crippen molar-refractivity contribution in [3.8, 4) is 0 Å². The predicted octanol–water partition coefficient (Wildman–Crippen LogP) is -0.711. The van der Waals surface area contributed by atoms with Gasteiger partial charge in [-0.25, -0.2) is 9.78 Å². The van der Waals surface area contributed by atoms with Crippen molar-refractivity contribution >= 4 is 51.7 Å². The van der Waals surface area contributed by atoms with Gasteiger partial charge in [0.15, 0.2) is 10.8 Å². The number of thioether (sulfide) groups is 1. The molecule has 0 saturated carbocycles. The molecule has 2 aliphatic rings. The van der Waals surface area contributed by atoms with Gasteiger partial charge in [-0.15, -0.1) is 23.1 Å². The van der Waals surface area contributed by atoms with Gasteiger partial charge in [0.05, 0.1) is 6.61 Å². The number of ether oxygens (including phenoxy) is 1. The molecule has 3 heterocycles. The fraction of sp³-hybridized carbons (Fsp3) is 0.357. The summed E-state index contributed by atoms with van der Waals surface area (Å²) in [5, 5.41) is 25.0. The molecule has 0 radical (unpaired) electrons. The van der Waals surface area contributed by atoms with Crippen LogP contribution in [0.3, 0.4) is 0 Å². The van der Waals surface area contributed by atoms with Gasteiger partial charge in [0.25, 0.3) is 11.8 Å². The number of anilines is 1. The number of nitrogens with zero attached hydrogens (tertiary/aromatic N) is 3. The number of methoxy groups -OCH3 is 1. The molecule has 11 nitrogen and oxygen atoms in total. The number of nitrogens with two attached hydrogens (primary N) is 1. The molecular formula is C14H15N5O6S2. The number of hydrogen-bond acceptors (Lipinski definition) is 10. The highest BCUT2D eigenvalue weighted by atomic mass is 32.2. The normalized spacial score (nSPS) is 22.3. The van der Waals surface area contributed by atoms with E-state index in [4.69, 9.17) is 15.7 Å². The van der Waals surface area contributed by atoms with Crippen molar-refractivity contribution in [3.05, 3.63) is 22.3 Å². The lowest BCUT2D eigenvalue weighted by atomic mass is 10.0. The van der Waals surface area contributed by atoms with E-state index in [0.29, 0.717) is 11.3 Å². The number of aliphatic carboxylic acids is 1. The van der Waals surface area contributed by atoms with Crippen molar-refractivity contribution in [2.45, 2.75) is 11.4 Å². The van der Waals surface area contributed by atoms with Crippen LogP contribution in [0.2, 0.25) is 0 Å². The molecule has 27 heavy (non-hydrogen) atoms. The number of carbonyl (C=O) groups is 3. The molecule has 1 aromatic heterocycles. The molecule has 0 aliphatic carbocycles.